The number of hydrogen-bond acceptors (Lipinski definition) is 6. The molecule has 2 aromatic rings. The zero-order chi connectivity index (χ0) is 13.9. The Balaban J connectivity index is 1.84. The van der Waals surface area contributed by atoms with Crippen LogP contribution in [0.2, 0.25) is 0 Å². The van der Waals surface area contributed by atoms with Gasteiger partial charge in [-0.05, 0) is 19.3 Å². The van der Waals surface area contributed by atoms with E-state index >= 15 is 0 Å². The molecule has 0 aliphatic carbocycles. The molecular formula is C13H16N4OS2. The van der Waals surface area contributed by atoms with Gasteiger partial charge in [0, 0.05) is 30.0 Å². The Kier molecular flexibility index (Phi) is 4.09. The maximum Gasteiger partial charge on any atom is 0.273 e. The first kappa shape index (κ1) is 13.7. The molecule has 1 atom stereocenters. The first-order valence-corrected chi connectivity index (χ1v) is 8.40. The highest BCUT2D eigenvalue weighted by Gasteiger charge is 2.31. The van der Waals surface area contributed by atoms with Crippen LogP contribution >= 0.6 is 22.7 Å². The van der Waals surface area contributed by atoms with E-state index in [9.17, 15) is 4.79 Å². The Labute approximate surface area is 125 Å². The average molecular weight is 308 g/mol. The van der Waals surface area contributed by atoms with Gasteiger partial charge < -0.3 is 10.6 Å². The van der Waals surface area contributed by atoms with Crippen LogP contribution in [-0.4, -0.2) is 27.3 Å². The summed E-state index contributed by atoms with van der Waals surface area (Å²) in [6, 6.07) is 0.0966. The lowest BCUT2D eigenvalue weighted by Crippen LogP contribution is -2.38. The molecule has 0 saturated carbocycles. The number of aromatic nitrogens is 2. The van der Waals surface area contributed by atoms with Crippen LogP contribution in [-0.2, 0) is 6.54 Å². The third kappa shape index (κ3) is 2.61. The minimum Gasteiger partial charge on any atom is -0.328 e. The molecule has 2 N–H and O–H groups in total. The molecule has 2 aromatic heterocycles. The molecule has 106 valence electrons. The summed E-state index contributed by atoms with van der Waals surface area (Å²) in [7, 11) is 0. The smallest absolute Gasteiger partial charge is 0.273 e. The predicted octanol–water partition coefficient (Wildman–Crippen LogP) is 2.43. The van der Waals surface area contributed by atoms with E-state index in [0.717, 1.165) is 35.8 Å². The summed E-state index contributed by atoms with van der Waals surface area (Å²) in [5.74, 6) is 0.000787. The first-order valence-electron chi connectivity index (χ1n) is 6.64. The van der Waals surface area contributed by atoms with Gasteiger partial charge in [0.2, 0.25) is 0 Å². The zero-order valence-corrected chi connectivity index (χ0v) is 12.6. The molecule has 0 aromatic carbocycles. The molecule has 0 spiro atoms. The van der Waals surface area contributed by atoms with E-state index in [1.165, 1.54) is 11.3 Å². The van der Waals surface area contributed by atoms with Crippen LogP contribution < -0.4 is 5.73 Å². The van der Waals surface area contributed by atoms with E-state index < -0.39 is 0 Å². The Hall–Kier alpha value is -1.31. The standard InChI is InChI=1S/C13H16N4OS2/c14-7-11-16-9(8-20-11)13(18)17-5-2-1-3-10(17)12-15-4-6-19-12/h4,6,8,10H,1-3,5,7,14H2. The summed E-state index contributed by atoms with van der Waals surface area (Å²) in [6.45, 7) is 1.16. The Bertz CT molecular complexity index is 581. The van der Waals surface area contributed by atoms with Crippen molar-refractivity contribution >= 4 is 28.6 Å². The second-order valence-corrected chi connectivity index (χ2v) is 6.58. The van der Waals surface area contributed by atoms with Crippen molar-refractivity contribution in [3.63, 3.8) is 0 Å². The highest BCUT2D eigenvalue weighted by atomic mass is 32.1. The summed E-state index contributed by atoms with van der Waals surface area (Å²) in [5.41, 5.74) is 6.07. The van der Waals surface area contributed by atoms with Crippen molar-refractivity contribution in [1.29, 1.82) is 0 Å². The summed E-state index contributed by atoms with van der Waals surface area (Å²) in [6.07, 6.45) is 4.96. The molecule has 5 nitrogen and oxygen atoms in total. The van der Waals surface area contributed by atoms with E-state index in [1.807, 2.05) is 10.3 Å². The number of nitrogens with zero attached hydrogens (tertiary/aromatic N) is 3. The Morgan fingerprint density at radius 1 is 1.45 bits per heavy atom. The monoisotopic (exact) mass is 308 g/mol. The van der Waals surface area contributed by atoms with Crippen molar-refractivity contribution < 1.29 is 4.79 Å². The molecule has 3 rings (SSSR count). The molecule has 3 heterocycles. The molecule has 1 amide bonds. The zero-order valence-electron chi connectivity index (χ0n) is 11.0. The number of hydrogen-bond donors (Lipinski definition) is 1. The molecule has 0 radical (unpaired) electrons. The van der Waals surface area contributed by atoms with E-state index in [4.69, 9.17) is 5.73 Å². The third-order valence-corrected chi connectivity index (χ3v) is 5.19. The van der Waals surface area contributed by atoms with Gasteiger partial charge in [-0.3, -0.25) is 4.79 Å². The lowest BCUT2D eigenvalue weighted by Gasteiger charge is -2.34. The fraction of sp³-hybridized carbons (Fsp3) is 0.462. The van der Waals surface area contributed by atoms with Gasteiger partial charge in [0.05, 0.1) is 6.04 Å². The van der Waals surface area contributed by atoms with E-state index in [-0.39, 0.29) is 11.9 Å². The number of nitrogens with two attached hydrogens (primary N) is 1. The van der Waals surface area contributed by atoms with Gasteiger partial charge in [-0.2, -0.15) is 0 Å². The maximum atomic E-state index is 12.6. The van der Waals surface area contributed by atoms with Crippen molar-refractivity contribution in [2.45, 2.75) is 31.8 Å². The molecule has 7 heteroatoms. The highest BCUT2D eigenvalue weighted by molar-refractivity contribution is 7.10. The van der Waals surface area contributed by atoms with Gasteiger partial charge in [0.1, 0.15) is 15.7 Å². The second-order valence-electron chi connectivity index (χ2n) is 4.71. The fourth-order valence-electron chi connectivity index (χ4n) is 2.48. The summed E-state index contributed by atoms with van der Waals surface area (Å²) in [5, 5.41) is 5.59. The van der Waals surface area contributed by atoms with Gasteiger partial charge >= 0.3 is 0 Å². The highest BCUT2D eigenvalue weighted by Crippen LogP contribution is 2.33. The van der Waals surface area contributed by atoms with Crippen molar-refractivity contribution in [3.8, 4) is 0 Å². The molecule has 20 heavy (non-hydrogen) atoms. The summed E-state index contributed by atoms with van der Waals surface area (Å²) >= 11 is 3.06. The molecule has 1 unspecified atom stereocenters. The van der Waals surface area contributed by atoms with Crippen LogP contribution in [0.1, 0.15) is 45.8 Å². The number of amides is 1. The number of thiazole rings is 2. The predicted molar refractivity (Wildman–Crippen MR) is 79.7 cm³/mol. The number of carbonyl (C=O) groups excluding carboxylic acids is 1. The molecule has 1 fully saturated rings. The minimum absolute atomic E-state index is 0.000787. The Morgan fingerprint density at radius 2 is 2.35 bits per heavy atom. The van der Waals surface area contributed by atoms with Crippen molar-refractivity contribution in [2.75, 3.05) is 6.54 Å². The fourth-order valence-corrected chi connectivity index (χ4v) is 3.91. The lowest BCUT2D eigenvalue weighted by atomic mass is 10.0. The van der Waals surface area contributed by atoms with E-state index in [1.54, 1.807) is 22.9 Å². The van der Waals surface area contributed by atoms with E-state index in [0.29, 0.717) is 12.2 Å². The molecule has 1 saturated heterocycles. The third-order valence-electron chi connectivity index (χ3n) is 3.45. The topological polar surface area (TPSA) is 72.1 Å². The van der Waals surface area contributed by atoms with Gasteiger partial charge in [-0.15, -0.1) is 22.7 Å². The number of carbonyl (C=O) groups is 1. The normalized spacial score (nSPS) is 19.2. The molecule has 1 aliphatic heterocycles. The van der Waals surface area contributed by atoms with E-state index in [2.05, 4.69) is 9.97 Å². The van der Waals surface area contributed by atoms with Gasteiger partial charge in [0.15, 0.2) is 0 Å². The number of likely N-dealkylation sites (tertiary alicyclic amines) is 1. The molecule has 0 bridgehead atoms. The van der Waals surface area contributed by atoms with Crippen LogP contribution in [0.3, 0.4) is 0 Å². The molecular weight excluding hydrogens is 292 g/mol. The van der Waals surface area contributed by atoms with Crippen molar-refractivity contribution in [1.82, 2.24) is 14.9 Å². The quantitative estimate of drug-likeness (QED) is 0.945. The maximum absolute atomic E-state index is 12.6. The van der Waals surface area contributed by atoms with Crippen LogP contribution in [0.25, 0.3) is 0 Å². The number of rotatable bonds is 3. The van der Waals surface area contributed by atoms with Gasteiger partial charge in [-0.1, -0.05) is 0 Å². The van der Waals surface area contributed by atoms with Crippen LogP contribution in [0.4, 0.5) is 0 Å². The van der Waals surface area contributed by atoms with Crippen molar-refractivity contribution in [3.05, 3.63) is 32.7 Å². The van der Waals surface area contributed by atoms with Crippen LogP contribution in [0.15, 0.2) is 17.0 Å². The Morgan fingerprint density at radius 3 is 3.05 bits per heavy atom. The molecule has 1 aliphatic rings. The van der Waals surface area contributed by atoms with Crippen LogP contribution in [0, 0.1) is 0 Å². The summed E-state index contributed by atoms with van der Waals surface area (Å²) < 4.78 is 0. The largest absolute Gasteiger partial charge is 0.328 e. The SMILES string of the molecule is NCc1nc(C(=O)N2CCCCC2c2nccs2)cs1. The first-order chi connectivity index (χ1) is 9.79. The van der Waals surface area contributed by atoms with Gasteiger partial charge in [0.25, 0.3) is 5.91 Å². The second kappa shape index (κ2) is 5.99. The summed E-state index contributed by atoms with van der Waals surface area (Å²) in [4.78, 5) is 23.2. The van der Waals surface area contributed by atoms with Crippen molar-refractivity contribution in [2.24, 2.45) is 5.73 Å². The number of piperidine rings is 1. The van der Waals surface area contributed by atoms with Crippen LogP contribution in [0.5, 0.6) is 0 Å². The minimum atomic E-state index is 0.000787. The lowest BCUT2D eigenvalue weighted by molar-refractivity contribution is 0.0605. The average Bonchev–Trinajstić information content (AvgIpc) is 3.17. The van der Waals surface area contributed by atoms with Gasteiger partial charge in [-0.25, -0.2) is 9.97 Å².